The summed E-state index contributed by atoms with van der Waals surface area (Å²) in [7, 11) is 0. The third kappa shape index (κ3) is 2.96. The summed E-state index contributed by atoms with van der Waals surface area (Å²) < 4.78 is 5.27. The fraction of sp³-hybridized carbons (Fsp3) is 0.429. The van der Waals surface area contributed by atoms with Crippen molar-refractivity contribution in [2.45, 2.75) is 32.6 Å². The molecule has 1 heterocycles. The van der Waals surface area contributed by atoms with Gasteiger partial charge in [-0.05, 0) is 18.9 Å². The van der Waals surface area contributed by atoms with Crippen LogP contribution in [0.15, 0.2) is 28.8 Å². The lowest BCUT2D eigenvalue weighted by Gasteiger charge is -2.04. The van der Waals surface area contributed by atoms with E-state index < -0.39 is 0 Å². The minimum atomic E-state index is 0.170. The second-order valence-corrected chi connectivity index (χ2v) is 4.56. The van der Waals surface area contributed by atoms with Crippen molar-refractivity contribution in [1.82, 2.24) is 10.1 Å². The third-order valence-electron chi connectivity index (χ3n) is 3.06. The molecule has 0 bridgehead atoms. The zero-order valence-electron chi connectivity index (χ0n) is 10.9. The molecular formula is C14H19N3O. The first-order valence-corrected chi connectivity index (χ1v) is 6.31. The number of nitrogens with two attached hydrogens (primary N) is 1. The van der Waals surface area contributed by atoms with Crippen molar-refractivity contribution >= 4 is 0 Å². The molecule has 1 aromatic heterocycles. The highest BCUT2D eigenvalue weighted by Gasteiger charge is 2.15. The summed E-state index contributed by atoms with van der Waals surface area (Å²) in [5.74, 6) is 1.55. The Bertz CT molecular complexity index is 503. The number of rotatable bonds is 5. The molecule has 0 radical (unpaired) electrons. The normalized spacial score (nSPS) is 12.6. The highest BCUT2D eigenvalue weighted by Crippen LogP contribution is 2.17. The first kappa shape index (κ1) is 12.8. The van der Waals surface area contributed by atoms with Gasteiger partial charge in [0, 0.05) is 13.0 Å². The number of benzene rings is 1. The third-order valence-corrected chi connectivity index (χ3v) is 3.06. The summed E-state index contributed by atoms with van der Waals surface area (Å²) in [4.78, 5) is 4.42. The monoisotopic (exact) mass is 245 g/mol. The minimum Gasteiger partial charge on any atom is -0.339 e. The molecule has 1 atom stereocenters. The van der Waals surface area contributed by atoms with E-state index in [1.807, 2.05) is 6.07 Å². The molecular weight excluding hydrogens is 226 g/mol. The fourth-order valence-corrected chi connectivity index (χ4v) is 1.95. The summed E-state index contributed by atoms with van der Waals surface area (Å²) in [6.45, 7) is 4.69. The van der Waals surface area contributed by atoms with Crippen LogP contribution in [0.5, 0.6) is 0 Å². The summed E-state index contributed by atoms with van der Waals surface area (Å²) in [6, 6.07) is 8.33. The topological polar surface area (TPSA) is 64.9 Å². The van der Waals surface area contributed by atoms with E-state index in [1.165, 1.54) is 11.1 Å². The van der Waals surface area contributed by atoms with Crippen molar-refractivity contribution in [2.24, 2.45) is 5.73 Å². The molecule has 1 unspecified atom stereocenters. The molecule has 4 heteroatoms. The van der Waals surface area contributed by atoms with E-state index in [-0.39, 0.29) is 5.92 Å². The molecule has 18 heavy (non-hydrogen) atoms. The highest BCUT2D eigenvalue weighted by atomic mass is 16.5. The second-order valence-electron chi connectivity index (χ2n) is 4.56. The molecule has 2 N–H and O–H groups in total. The molecule has 0 amide bonds. The lowest BCUT2D eigenvalue weighted by atomic mass is 10.1. The van der Waals surface area contributed by atoms with Gasteiger partial charge in [-0.25, -0.2) is 0 Å². The molecule has 2 aromatic rings. The molecule has 96 valence electrons. The maximum Gasteiger partial charge on any atom is 0.231 e. The van der Waals surface area contributed by atoms with Gasteiger partial charge in [-0.1, -0.05) is 41.9 Å². The maximum absolute atomic E-state index is 5.67. The van der Waals surface area contributed by atoms with Gasteiger partial charge in [0.15, 0.2) is 5.82 Å². The Morgan fingerprint density at radius 2 is 2.22 bits per heavy atom. The highest BCUT2D eigenvalue weighted by molar-refractivity contribution is 5.24. The Kier molecular flexibility index (Phi) is 4.10. The smallest absolute Gasteiger partial charge is 0.231 e. The van der Waals surface area contributed by atoms with Crippen LogP contribution in [0.2, 0.25) is 0 Å². The van der Waals surface area contributed by atoms with Gasteiger partial charge in [0.1, 0.15) is 0 Å². The summed E-state index contributed by atoms with van der Waals surface area (Å²) in [6.07, 6.45) is 1.62. The second kappa shape index (κ2) is 5.78. The predicted molar refractivity (Wildman–Crippen MR) is 70.4 cm³/mol. The van der Waals surface area contributed by atoms with Crippen molar-refractivity contribution in [3.63, 3.8) is 0 Å². The minimum absolute atomic E-state index is 0.170. The van der Waals surface area contributed by atoms with Crippen LogP contribution in [-0.4, -0.2) is 16.7 Å². The Labute approximate surface area is 107 Å². The molecule has 0 aliphatic rings. The molecule has 0 aliphatic carbocycles. The number of nitrogens with zero attached hydrogens (tertiary/aromatic N) is 2. The fourth-order valence-electron chi connectivity index (χ4n) is 1.95. The first-order chi connectivity index (χ1) is 8.72. The molecule has 0 saturated carbocycles. The molecule has 2 rings (SSSR count). The van der Waals surface area contributed by atoms with Gasteiger partial charge in [-0.3, -0.25) is 0 Å². The Morgan fingerprint density at radius 3 is 2.89 bits per heavy atom. The van der Waals surface area contributed by atoms with Gasteiger partial charge in [-0.2, -0.15) is 4.98 Å². The lowest BCUT2D eigenvalue weighted by molar-refractivity contribution is 0.348. The molecule has 1 aromatic carbocycles. The Balaban J connectivity index is 2.11. The molecule has 0 saturated heterocycles. The average molecular weight is 245 g/mol. The van der Waals surface area contributed by atoms with Crippen LogP contribution < -0.4 is 5.73 Å². The average Bonchev–Trinajstić information content (AvgIpc) is 2.79. The summed E-state index contributed by atoms with van der Waals surface area (Å²) in [5.41, 5.74) is 8.11. The van der Waals surface area contributed by atoms with Gasteiger partial charge < -0.3 is 10.3 Å². The number of aryl methyl sites for hydroxylation is 1. The van der Waals surface area contributed by atoms with Crippen molar-refractivity contribution in [3.8, 4) is 0 Å². The van der Waals surface area contributed by atoms with E-state index in [0.717, 1.165) is 12.2 Å². The van der Waals surface area contributed by atoms with Crippen LogP contribution in [-0.2, 0) is 6.42 Å². The maximum atomic E-state index is 5.67. The Hall–Kier alpha value is -1.68. The largest absolute Gasteiger partial charge is 0.339 e. The van der Waals surface area contributed by atoms with E-state index in [1.54, 1.807) is 0 Å². The molecule has 4 nitrogen and oxygen atoms in total. The Morgan fingerprint density at radius 1 is 1.39 bits per heavy atom. The van der Waals surface area contributed by atoms with E-state index in [9.17, 15) is 0 Å². The van der Waals surface area contributed by atoms with Gasteiger partial charge in [0.2, 0.25) is 5.89 Å². The van der Waals surface area contributed by atoms with E-state index in [0.29, 0.717) is 18.9 Å². The van der Waals surface area contributed by atoms with Crippen LogP contribution in [0.4, 0.5) is 0 Å². The van der Waals surface area contributed by atoms with Crippen molar-refractivity contribution < 1.29 is 4.52 Å². The zero-order chi connectivity index (χ0) is 13.0. The number of hydrogen-bond acceptors (Lipinski definition) is 4. The van der Waals surface area contributed by atoms with E-state index >= 15 is 0 Å². The standard InChI is InChI=1S/C14H19N3O/c1-3-12(9-15)14-16-13(17-18-14)8-11-6-4-5-10(2)7-11/h4-7,12H,3,8-9,15H2,1-2H3. The van der Waals surface area contributed by atoms with Crippen molar-refractivity contribution in [2.75, 3.05) is 6.54 Å². The van der Waals surface area contributed by atoms with Crippen molar-refractivity contribution in [1.29, 1.82) is 0 Å². The van der Waals surface area contributed by atoms with Gasteiger partial charge >= 0.3 is 0 Å². The van der Waals surface area contributed by atoms with Crippen LogP contribution in [0.1, 0.15) is 42.1 Å². The molecule has 0 aliphatic heterocycles. The number of aromatic nitrogens is 2. The van der Waals surface area contributed by atoms with Crippen LogP contribution in [0.25, 0.3) is 0 Å². The predicted octanol–water partition coefficient (Wildman–Crippen LogP) is 2.42. The summed E-state index contributed by atoms with van der Waals surface area (Å²) in [5, 5.41) is 4.02. The van der Waals surface area contributed by atoms with E-state index in [4.69, 9.17) is 10.3 Å². The van der Waals surface area contributed by atoms with Crippen LogP contribution in [0, 0.1) is 6.92 Å². The van der Waals surface area contributed by atoms with E-state index in [2.05, 4.69) is 42.2 Å². The molecule has 0 fully saturated rings. The van der Waals surface area contributed by atoms with Gasteiger partial charge in [0.25, 0.3) is 0 Å². The lowest BCUT2D eigenvalue weighted by Crippen LogP contribution is -2.11. The van der Waals surface area contributed by atoms with Crippen LogP contribution >= 0.6 is 0 Å². The summed E-state index contributed by atoms with van der Waals surface area (Å²) >= 11 is 0. The van der Waals surface area contributed by atoms with Gasteiger partial charge in [0.05, 0.1) is 5.92 Å². The van der Waals surface area contributed by atoms with Gasteiger partial charge in [-0.15, -0.1) is 0 Å². The molecule has 0 spiro atoms. The van der Waals surface area contributed by atoms with Crippen molar-refractivity contribution in [3.05, 3.63) is 47.1 Å². The number of hydrogen-bond donors (Lipinski definition) is 1. The van der Waals surface area contributed by atoms with Crippen LogP contribution in [0.3, 0.4) is 0 Å². The zero-order valence-corrected chi connectivity index (χ0v) is 10.9. The first-order valence-electron chi connectivity index (χ1n) is 6.31. The quantitative estimate of drug-likeness (QED) is 0.878. The SMILES string of the molecule is CCC(CN)c1nc(Cc2cccc(C)c2)no1.